The Bertz CT molecular complexity index is 3260. The van der Waals surface area contributed by atoms with Crippen LogP contribution in [0.15, 0.2) is 196 Å². The summed E-state index contributed by atoms with van der Waals surface area (Å²) in [6.45, 7) is 22.5. The van der Waals surface area contributed by atoms with Crippen molar-refractivity contribution in [1.29, 1.82) is 0 Å². The third-order valence-corrected chi connectivity index (χ3v) is 13.4. The standard InChI is InChI=1S/C65H60O3/c1-8-45-18-24-48(25-19-45)42-66-61-17-13-15-54-32-30-51(38-57(54)61)40-65(6,7)60-37-35-55-33-31-52(39-58(55)63(60)68-44-50-28-22-47(10-3)23-29-50)41-64(4,5)59-36-34-53-14-11-12-16-56(53)62(59)67-43-49-26-20-46(9-2)21-27-49/h8-39H,1-3,40-44H2,4-7H3. The summed E-state index contributed by atoms with van der Waals surface area (Å²) in [7, 11) is 0. The fraction of sp³-hybridized carbons (Fsp3) is 0.169. The largest absolute Gasteiger partial charge is 0.488 e. The van der Waals surface area contributed by atoms with E-state index in [0.29, 0.717) is 19.8 Å². The predicted molar refractivity (Wildman–Crippen MR) is 288 cm³/mol. The van der Waals surface area contributed by atoms with Crippen molar-refractivity contribution < 1.29 is 14.2 Å². The van der Waals surface area contributed by atoms with Gasteiger partial charge in [0, 0.05) is 27.3 Å². The molecule has 0 aliphatic heterocycles. The average Bonchev–Trinajstić information content (AvgIpc) is 3.36. The second-order valence-corrected chi connectivity index (χ2v) is 19.3. The highest BCUT2D eigenvalue weighted by molar-refractivity contribution is 5.92. The monoisotopic (exact) mass is 888 g/mol. The lowest BCUT2D eigenvalue weighted by Gasteiger charge is -2.30. The Kier molecular flexibility index (Phi) is 13.2. The van der Waals surface area contributed by atoms with Crippen molar-refractivity contribution in [2.45, 2.75) is 71.2 Å². The van der Waals surface area contributed by atoms with Gasteiger partial charge in [0.1, 0.15) is 37.1 Å². The molecule has 0 atom stereocenters. The fourth-order valence-corrected chi connectivity index (χ4v) is 9.53. The zero-order valence-corrected chi connectivity index (χ0v) is 39.9. The molecule has 0 aromatic heterocycles. The highest BCUT2D eigenvalue weighted by Crippen LogP contribution is 2.44. The molecule has 0 spiro atoms. The van der Waals surface area contributed by atoms with E-state index in [0.717, 1.165) is 95.8 Å². The third-order valence-electron chi connectivity index (χ3n) is 13.4. The van der Waals surface area contributed by atoms with Crippen molar-refractivity contribution in [2.24, 2.45) is 0 Å². The highest BCUT2D eigenvalue weighted by atomic mass is 16.5. The minimum absolute atomic E-state index is 0.278. The molecule has 0 amide bonds. The second kappa shape index (κ2) is 19.7. The molecule has 0 N–H and O–H groups in total. The second-order valence-electron chi connectivity index (χ2n) is 19.3. The van der Waals surface area contributed by atoms with Crippen LogP contribution in [-0.2, 0) is 43.5 Å². The number of rotatable bonds is 18. The van der Waals surface area contributed by atoms with Crippen LogP contribution < -0.4 is 14.2 Å². The molecule has 3 nitrogen and oxygen atoms in total. The Morgan fingerprint density at radius 3 is 1.25 bits per heavy atom. The number of fused-ring (bicyclic) bond motifs is 3. The van der Waals surface area contributed by atoms with E-state index >= 15 is 0 Å². The number of benzene rings is 9. The molecule has 3 heteroatoms. The summed E-state index contributed by atoms with van der Waals surface area (Å²) in [5.41, 5.74) is 10.8. The molecule has 0 bridgehead atoms. The summed E-state index contributed by atoms with van der Waals surface area (Å²) in [6, 6.07) is 62.7. The summed E-state index contributed by atoms with van der Waals surface area (Å²) in [6.07, 6.45) is 7.19. The summed E-state index contributed by atoms with van der Waals surface area (Å²) in [5.74, 6) is 2.73. The van der Waals surface area contributed by atoms with Crippen molar-refractivity contribution in [3.05, 3.63) is 251 Å². The van der Waals surface area contributed by atoms with Gasteiger partial charge in [0.05, 0.1) is 0 Å². The molecule has 9 aromatic rings. The van der Waals surface area contributed by atoms with Crippen LogP contribution in [0.2, 0.25) is 0 Å². The van der Waals surface area contributed by atoms with E-state index in [4.69, 9.17) is 14.2 Å². The Balaban J connectivity index is 1.05. The molecular weight excluding hydrogens is 829 g/mol. The summed E-state index contributed by atoms with van der Waals surface area (Å²) in [5, 5.41) is 6.80. The van der Waals surface area contributed by atoms with E-state index in [1.54, 1.807) is 0 Å². The van der Waals surface area contributed by atoms with E-state index in [1.807, 2.05) is 18.2 Å². The molecule has 0 fully saturated rings. The lowest BCUT2D eigenvalue weighted by molar-refractivity contribution is 0.299. The van der Waals surface area contributed by atoms with Crippen LogP contribution in [0, 0.1) is 0 Å². The molecule has 0 saturated heterocycles. The minimum atomic E-state index is -0.300. The van der Waals surface area contributed by atoms with Crippen LogP contribution in [0.5, 0.6) is 17.2 Å². The van der Waals surface area contributed by atoms with Gasteiger partial charge in [-0.1, -0.05) is 223 Å². The fourth-order valence-electron chi connectivity index (χ4n) is 9.53. The highest BCUT2D eigenvalue weighted by Gasteiger charge is 2.29. The molecule has 0 saturated carbocycles. The van der Waals surface area contributed by atoms with Gasteiger partial charge in [-0.25, -0.2) is 0 Å². The van der Waals surface area contributed by atoms with Gasteiger partial charge in [-0.3, -0.25) is 0 Å². The SMILES string of the molecule is C=Cc1ccc(COc2cccc3ccc(CC(C)(C)c4ccc5ccc(CC(C)(C)c6ccc7ccccc7c6OCc6ccc(C=C)cc6)cc5c4OCc4ccc(C=C)cc4)cc23)cc1. The Labute approximate surface area is 402 Å². The summed E-state index contributed by atoms with van der Waals surface area (Å²) >= 11 is 0. The lowest BCUT2D eigenvalue weighted by Crippen LogP contribution is -2.22. The van der Waals surface area contributed by atoms with E-state index in [1.165, 1.54) is 22.3 Å². The maximum atomic E-state index is 7.06. The van der Waals surface area contributed by atoms with Crippen LogP contribution in [0.25, 0.3) is 50.5 Å². The van der Waals surface area contributed by atoms with Crippen LogP contribution in [-0.4, -0.2) is 0 Å². The van der Waals surface area contributed by atoms with E-state index < -0.39 is 0 Å². The topological polar surface area (TPSA) is 27.7 Å². The average molecular weight is 889 g/mol. The Morgan fingerprint density at radius 1 is 0.368 bits per heavy atom. The van der Waals surface area contributed by atoms with E-state index in [9.17, 15) is 0 Å². The van der Waals surface area contributed by atoms with Crippen LogP contribution in [0.3, 0.4) is 0 Å². The van der Waals surface area contributed by atoms with Crippen molar-refractivity contribution in [1.82, 2.24) is 0 Å². The normalized spacial score (nSPS) is 11.7. The zero-order valence-electron chi connectivity index (χ0n) is 39.9. The van der Waals surface area contributed by atoms with Crippen molar-refractivity contribution in [3.8, 4) is 17.2 Å². The summed E-state index contributed by atoms with van der Waals surface area (Å²) < 4.78 is 20.4. The lowest BCUT2D eigenvalue weighted by atomic mass is 9.76. The van der Waals surface area contributed by atoms with Crippen LogP contribution in [0.1, 0.15) is 83.3 Å². The maximum absolute atomic E-state index is 7.06. The molecule has 68 heavy (non-hydrogen) atoms. The molecule has 0 aliphatic rings. The smallest absolute Gasteiger partial charge is 0.131 e. The predicted octanol–water partition coefficient (Wildman–Crippen LogP) is 16.9. The van der Waals surface area contributed by atoms with E-state index in [2.05, 4.69) is 223 Å². The molecular formula is C65H60O3. The van der Waals surface area contributed by atoms with Crippen LogP contribution >= 0.6 is 0 Å². The zero-order chi connectivity index (χ0) is 47.3. The maximum Gasteiger partial charge on any atom is 0.131 e. The Hall–Kier alpha value is -7.62. The molecule has 9 rings (SSSR count). The van der Waals surface area contributed by atoms with Gasteiger partial charge < -0.3 is 14.2 Å². The van der Waals surface area contributed by atoms with Crippen LogP contribution in [0.4, 0.5) is 0 Å². The Morgan fingerprint density at radius 2 is 0.750 bits per heavy atom. The number of hydrogen-bond donors (Lipinski definition) is 0. The first-order chi connectivity index (χ1) is 33.0. The third kappa shape index (κ3) is 10.0. The van der Waals surface area contributed by atoms with Crippen molar-refractivity contribution >= 4 is 50.5 Å². The minimum Gasteiger partial charge on any atom is -0.488 e. The molecule has 0 heterocycles. The van der Waals surface area contributed by atoms with Gasteiger partial charge >= 0.3 is 0 Å². The molecule has 9 aromatic carbocycles. The first-order valence-corrected chi connectivity index (χ1v) is 23.6. The van der Waals surface area contributed by atoms with Gasteiger partial charge in [-0.2, -0.15) is 0 Å². The van der Waals surface area contributed by atoms with Gasteiger partial charge in [-0.05, 0) is 103 Å². The van der Waals surface area contributed by atoms with Gasteiger partial charge in [-0.15, -0.1) is 0 Å². The first kappa shape index (κ1) is 45.5. The quantitative estimate of drug-likeness (QED) is 0.0859. The van der Waals surface area contributed by atoms with Crippen molar-refractivity contribution in [3.63, 3.8) is 0 Å². The number of ether oxygens (including phenoxy) is 3. The molecule has 0 unspecified atom stereocenters. The van der Waals surface area contributed by atoms with Gasteiger partial charge in [0.2, 0.25) is 0 Å². The van der Waals surface area contributed by atoms with Gasteiger partial charge in [0.15, 0.2) is 0 Å². The first-order valence-electron chi connectivity index (χ1n) is 23.6. The molecule has 0 radical (unpaired) electrons. The molecule has 338 valence electrons. The number of hydrogen-bond acceptors (Lipinski definition) is 3. The summed E-state index contributed by atoms with van der Waals surface area (Å²) in [4.78, 5) is 0. The van der Waals surface area contributed by atoms with Gasteiger partial charge in [0.25, 0.3) is 0 Å². The molecule has 0 aliphatic carbocycles. The van der Waals surface area contributed by atoms with Crippen molar-refractivity contribution in [2.75, 3.05) is 0 Å². The van der Waals surface area contributed by atoms with E-state index in [-0.39, 0.29) is 10.8 Å².